The molecule has 3 rings (SSSR count). The molecule has 0 saturated carbocycles. The molecule has 126 valence electrons. The second kappa shape index (κ2) is 8.50. The Hall–Kier alpha value is -2.58. The van der Waals surface area contributed by atoms with E-state index in [0.717, 1.165) is 35.1 Å². The van der Waals surface area contributed by atoms with Gasteiger partial charge < -0.3 is 4.74 Å². The lowest BCUT2D eigenvalue weighted by atomic mass is 10.0. The molecule has 1 atom stereocenters. The fraction of sp³-hybridized carbons (Fsp3) is 0.136. The number of ether oxygens (including phenoxy) is 1. The van der Waals surface area contributed by atoms with Gasteiger partial charge in [0.15, 0.2) is 6.29 Å². The number of benzene rings is 3. The van der Waals surface area contributed by atoms with E-state index in [2.05, 4.69) is 0 Å². The van der Waals surface area contributed by atoms with Crippen LogP contribution in [0.3, 0.4) is 0 Å². The smallest absolute Gasteiger partial charge is 0.150 e. The zero-order chi connectivity index (χ0) is 17.5. The van der Waals surface area contributed by atoms with Crippen LogP contribution in [0.4, 0.5) is 0 Å². The standard InChI is InChI=1S/C22H19ClO2/c23-15-14-22(18-6-2-1-3-7-18)25-20-12-10-17(11-13-20)21-9-5-4-8-19(21)16-24/h1-13,16,22H,14-15H2. The molecule has 0 saturated heterocycles. The van der Waals surface area contributed by atoms with Gasteiger partial charge in [0.2, 0.25) is 0 Å². The minimum atomic E-state index is -0.0770. The number of hydrogen-bond acceptors (Lipinski definition) is 2. The summed E-state index contributed by atoms with van der Waals surface area (Å²) in [6.07, 6.45) is 1.54. The molecule has 2 nitrogen and oxygen atoms in total. The van der Waals surface area contributed by atoms with Crippen LogP contribution in [0.5, 0.6) is 5.75 Å². The van der Waals surface area contributed by atoms with E-state index in [1.165, 1.54) is 0 Å². The summed E-state index contributed by atoms with van der Waals surface area (Å²) in [5.41, 5.74) is 3.70. The van der Waals surface area contributed by atoms with Crippen molar-refractivity contribution in [1.82, 2.24) is 0 Å². The van der Waals surface area contributed by atoms with Crippen LogP contribution in [0, 0.1) is 0 Å². The van der Waals surface area contributed by atoms with E-state index in [4.69, 9.17) is 16.3 Å². The molecule has 25 heavy (non-hydrogen) atoms. The van der Waals surface area contributed by atoms with E-state index >= 15 is 0 Å². The number of aldehydes is 1. The number of carbonyl (C=O) groups excluding carboxylic acids is 1. The Kier molecular flexibility index (Phi) is 5.86. The number of alkyl halides is 1. The molecule has 0 bridgehead atoms. The molecular weight excluding hydrogens is 332 g/mol. The summed E-state index contributed by atoms with van der Waals surface area (Å²) in [4.78, 5) is 11.2. The van der Waals surface area contributed by atoms with Gasteiger partial charge in [-0.25, -0.2) is 0 Å². The van der Waals surface area contributed by atoms with Crippen LogP contribution in [0.15, 0.2) is 78.9 Å². The van der Waals surface area contributed by atoms with Crippen molar-refractivity contribution in [1.29, 1.82) is 0 Å². The first kappa shape index (κ1) is 17.2. The molecule has 0 aliphatic heterocycles. The second-order valence-corrected chi connectivity index (χ2v) is 6.10. The van der Waals surface area contributed by atoms with E-state index in [1.807, 2.05) is 78.9 Å². The Balaban J connectivity index is 1.81. The van der Waals surface area contributed by atoms with Crippen LogP contribution in [-0.2, 0) is 0 Å². The Morgan fingerprint density at radius 1 is 0.880 bits per heavy atom. The topological polar surface area (TPSA) is 26.3 Å². The van der Waals surface area contributed by atoms with Crippen molar-refractivity contribution in [2.24, 2.45) is 0 Å². The number of rotatable bonds is 7. The largest absolute Gasteiger partial charge is 0.486 e. The van der Waals surface area contributed by atoms with Crippen LogP contribution in [0.1, 0.15) is 28.4 Å². The fourth-order valence-electron chi connectivity index (χ4n) is 2.80. The maximum atomic E-state index is 11.2. The SMILES string of the molecule is O=Cc1ccccc1-c1ccc(OC(CCCl)c2ccccc2)cc1. The van der Waals surface area contributed by atoms with Crippen LogP contribution < -0.4 is 4.74 Å². The maximum Gasteiger partial charge on any atom is 0.150 e. The van der Waals surface area contributed by atoms with Crippen LogP contribution in [0.2, 0.25) is 0 Å². The molecule has 1 unspecified atom stereocenters. The summed E-state index contributed by atoms with van der Waals surface area (Å²) < 4.78 is 6.13. The Morgan fingerprint density at radius 2 is 1.56 bits per heavy atom. The number of halogens is 1. The van der Waals surface area contributed by atoms with Gasteiger partial charge in [0.1, 0.15) is 11.9 Å². The third kappa shape index (κ3) is 4.28. The van der Waals surface area contributed by atoms with Gasteiger partial charge in [-0.15, -0.1) is 11.6 Å². The molecular formula is C22H19ClO2. The minimum Gasteiger partial charge on any atom is -0.486 e. The van der Waals surface area contributed by atoms with Gasteiger partial charge in [-0.2, -0.15) is 0 Å². The van der Waals surface area contributed by atoms with Crippen LogP contribution in [-0.4, -0.2) is 12.2 Å². The highest BCUT2D eigenvalue weighted by Crippen LogP contribution is 2.29. The summed E-state index contributed by atoms with van der Waals surface area (Å²) >= 11 is 5.94. The van der Waals surface area contributed by atoms with Gasteiger partial charge in [-0.05, 0) is 28.8 Å². The molecule has 3 heteroatoms. The van der Waals surface area contributed by atoms with E-state index in [9.17, 15) is 4.79 Å². The van der Waals surface area contributed by atoms with Crippen molar-refractivity contribution in [2.75, 3.05) is 5.88 Å². The van der Waals surface area contributed by atoms with Gasteiger partial charge in [0, 0.05) is 17.9 Å². The molecule has 0 amide bonds. The molecule has 3 aromatic rings. The molecule has 0 aromatic heterocycles. The fourth-order valence-corrected chi connectivity index (χ4v) is 3.00. The molecule has 0 N–H and O–H groups in total. The van der Waals surface area contributed by atoms with Crippen LogP contribution in [0.25, 0.3) is 11.1 Å². The third-order valence-corrected chi connectivity index (χ3v) is 4.29. The summed E-state index contributed by atoms with van der Waals surface area (Å²) in [5.74, 6) is 1.32. The van der Waals surface area contributed by atoms with Crippen molar-refractivity contribution in [3.63, 3.8) is 0 Å². The molecule has 0 heterocycles. The van der Waals surface area contributed by atoms with Gasteiger partial charge in [-0.3, -0.25) is 4.79 Å². The first-order valence-electron chi connectivity index (χ1n) is 8.24. The molecule has 0 aliphatic carbocycles. The second-order valence-electron chi connectivity index (χ2n) is 5.72. The van der Waals surface area contributed by atoms with E-state index in [1.54, 1.807) is 0 Å². The highest BCUT2D eigenvalue weighted by molar-refractivity contribution is 6.17. The lowest BCUT2D eigenvalue weighted by Gasteiger charge is -2.19. The average molecular weight is 351 g/mol. The first-order valence-corrected chi connectivity index (χ1v) is 8.77. The van der Waals surface area contributed by atoms with E-state index < -0.39 is 0 Å². The zero-order valence-electron chi connectivity index (χ0n) is 13.8. The molecule has 0 radical (unpaired) electrons. The number of carbonyl (C=O) groups is 1. The van der Waals surface area contributed by atoms with Gasteiger partial charge in [0.25, 0.3) is 0 Å². The minimum absolute atomic E-state index is 0.0770. The quantitative estimate of drug-likeness (QED) is 0.391. The lowest BCUT2D eigenvalue weighted by Crippen LogP contribution is -2.08. The van der Waals surface area contributed by atoms with E-state index in [0.29, 0.717) is 11.4 Å². The predicted molar refractivity (Wildman–Crippen MR) is 102 cm³/mol. The third-order valence-electron chi connectivity index (χ3n) is 4.07. The van der Waals surface area contributed by atoms with Crippen molar-refractivity contribution in [2.45, 2.75) is 12.5 Å². The first-order chi connectivity index (χ1) is 12.3. The Labute approximate surface area is 153 Å². The van der Waals surface area contributed by atoms with E-state index in [-0.39, 0.29) is 6.10 Å². The molecule has 3 aromatic carbocycles. The Bertz CT molecular complexity index is 813. The van der Waals surface area contributed by atoms with Gasteiger partial charge >= 0.3 is 0 Å². The highest BCUT2D eigenvalue weighted by atomic mass is 35.5. The van der Waals surface area contributed by atoms with Crippen molar-refractivity contribution < 1.29 is 9.53 Å². The van der Waals surface area contributed by atoms with Gasteiger partial charge in [0.05, 0.1) is 0 Å². The monoisotopic (exact) mass is 350 g/mol. The lowest BCUT2D eigenvalue weighted by molar-refractivity contribution is 0.112. The highest BCUT2D eigenvalue weighted by Gasteiger charge is 2.13. The van der Waals surface area contributed by atoms with Gasteiger partial charge in [-0.1, -0.05) is 66.7 Å². The molecule has 0 fully saturated rings. The van der Waals surface area contributed by atoms with Crippen molar-refractivity contribution in [3.8, 4) is 16.9 Å². The predicted octanol–water partition coefficient (Wildman–Crippen LogP) is 5.92. The van der Waals surface area contributed by atoms with Crippen molar-refractivity contribution >= 4 is 17.9 Å². The summed E-state index contributed by atoms with van der Waals surface area (Å²) in [6.45, 7) is 0. The summed E-state index contributed by atoms with van der Waals surface area (Å²) in [5, 5.41) is 0. The molecule has 0 spiro atoms. The maximum absolute atomic E-state index is 11.2. The zero-order valence-corrected chi connectivity index (χ0v) is 14.5. The number of hydrogen-bond donors (Lipinski definition) is 0. The molecule has 0 aliphatic rings. The summed E-state index contributed by atoms with van der Waals surface area (Å²) in [6, 6.07) is 25.4. The average Bonchev–Trinajstić information content (AvgIpc) is 2.69. The summed E-state index contributed by atoms with van der Waals surface area (Å²) in [7, 11) is 0. The normalized spacial score (nSPS) is 11.7. The van der Waals surface area contributed by atoms with Crippen molar-refractivity contribution in [3.05, 3.63) is 90.0 Å². The van der Waals surface area contributed by atoms with Crippen LogP contribution >= 0.6 is 11.6 Å². The Morgan fingerprint density at radius 3 is 2.24 bits per heavy atom.